The number of nitrogens with zero attached hydrogens (tertiary/aromatic N) is 4. The van der Waals surface area contributed by atoms with E-state index < -0.39 is 17.0 Å². The quantitative estimate of drug-likeness (QED) is 0.407. The highest BCUT2D eigenvalue weighted by Crippen LogP contribution is 2.37. The number of ether oxygens (including phenoxy) is 3. The lowest BCUT2D eigenvalue weighted by molar-refractivity contribution is -0.385. The van der Waals surface area contributed by atoms with Crippen molar-refractivity contribution in [2.75, 3.05) is 7.11 Å². The molecule has 0 fully saturated rings. The number of hydrogen-bond acceptors (Lipinski definition) is 8. The molecular weight excluding hydrogens is 435 g/mol. The second-order valence-electron chi connectivity index (χ2n) is 6.87. The van der Waals surface area contributed by atoms with Crippen molar-refractivity contribution in [3.63, 3.8) is 0 Å². The SMILES string of the molecule is COc1cc([C@H]2OC(c3ccc(F)cc3)=NN2C(C)=O)ccc1Oc1ccc([N+](=O)[O-])cn1. The Morgan fingerprint density at radius 1 is 1.15 bits per heavy atom. The number of carbonyl (C=O) groups excluding carboxylic acids is 1. The molecule has 0 unspecified atom stereocenters. The monoisotopic (exact) mass is 452 g/mol. The highest BCUT2D eigenvalue weighted by Gasteiger charge is 2.33. The Hall–Kier alpha value is -4.54. The number of halogens is 1. The molecule has 2 heterocycles. The van der Waals surface area contributed by atoms with Gasteiger partial charge in [0.25, 0.3) is 5.69 Å². The molecule has 2 aromatic carbocycles. The summed E-state index contributed by atoms with van der Waals surface area (Å²) in [7, 11) is 1.44. The largest absolute Gasteiger partial charge is 0.493 e. The van der Waals surface area contributed by atoms with Gasteiger partial charge in [0.2, 0.25) is 23.9 Å². The molecule has 4 rings (SSSR count). The van der Waals surface area contributed by atoms with E-state index in [2.05, 4.69) is 10.1 Å². The molecule has 11 heteroatoms. The van der Waals surface area contributed by atoms with Gasteiger partial charge < -0.3 is 14.2 Å². The Morgan fingerprint density at radius 3 is 2.52 bits per heavy atom. The van der Waals surface area contributed by atoms with Crippen LogP contribution in [0.25, 0.3) is 0 Å². The lowest BCUT2D eigenvalue weighted by atomic mass is 10.1. The minimum absolute atomic E-state index is 0.135. The maximum absolute atomic E-state index is 13.2. The first kappa shape index (κ1) is 21.7. The molecule has 0 saturated heterocycles. The molecule has 0 spiro atoms. The maximum Gasteiger partial charge on any atom is 0.287 e. The Morgan fingerprint density at radius 2 is 1.91 bits per heavy atom. The Bertz CT molecular complexity index is 1230. The van der Waals surface area contributed by atoms with E-state index in [1.54, 1.807) is 18.2 Å². The summed E-state index contributed by atoms with van der Waals surface area (Å²) < 4.78 is 30.2. The van der Waals surface area contributed by atoms with Crippen molar-refractivity contribution >= 4 is 17.5 Å². The zero-order chi connectivity index (χ0) is 23.5. The molecule has 1 atom stereocenters. The third kappa shape index (κ3) is 4.56. The summed E-state index contributed by atoms with van der Waals surface area (Å²) >= 11 is 0. The fourth-order valence-electron chi connectivity index (χ4n) is 3.07. The van der Waals surface area contributed by atoms with Crippen molar-refractivity contribution in [3.05, 3.63) is 87.9 Å². The van der Waals surface area contributed by atoms with E-state index in [0.717, 1.165) is 6.20 Å². The summed E-state index contributed by atoms with van der Waals surface area (Å²) in [6.45, 7) is 1.35. The van der Waals surface area contributed by atoms with Gasteiger partial charge in [-0.15, -0.1) is 5.10 Å². The molecular formula is C22H17FN4O6. The standard InChI is InChI=1S/C22H17FN4O6/c1-13(28)26-22(33-21(25-26)14-3-6-16(23)7-4-14)15-5-9-18(19(11-15)31-2)32-20-10-8-17(12-24-20)27(29)30/h3-12,22H,1-2H3/t22-/m1/s1. The lowest BCUT2D eigenvalue weighted by Crippen LogP contribution is -2.25. The average molecular weight is 452 g/mol. The van der Waals surface area contributed by atoms with E-state index in [9.17, 15) is 19.3 Å². The van der Waals surface area contributed by atoms with Crippen LogP contribution in [0.4, 0.5) is 10.1 Å². The van der Waals surface area contributed by atoms with E-state index >= 15 is 0 Å². The summed E-state index contributed by atoms with van der Waals surface area (Å²) in [4.78, 5) is 26.3. The van der Waals surface area contributed by atoms with Crippen LogP contribution in [-0.2, 0) is 9.53 Å². The number of benzene rings is 2. The van der Waals surface area contributed by atoms with Gasteiger partial charge in [0, 0.05) is 30.2 Å². The van der Waals surface area contributed by atoms with Gasteiger partial charge in [-0.1, -0.05) is 0 Å². The summed E-state index contributed by atoms with van der Waals surface area (Å²) in [5.74, 6) is 0.164. The van der Waals surface area contributed by atoms with Crippen molar-refractivity contribution in [3.8, 4) is 17.4 Å². The number of hydrazone groups is 1. The number of carbonyl (C=O) groups is 1. The van der Waals surface area contributed by atoms with Crippen LogP contribution in [0.3, 0.4) is 0 Å². The molecule has 0 N–H and O–H groups in total. The number of hydrogen-bond donors (Lipinski definition) is 0. The highest BCUT2D eigenvalue weighted by atomic mass is 19.1. The summed E-state index contributed by atoms with van der Waals surface area (Å²) in [5.41, 5.74) is 0.901. The van der Waals surface area contributed by atoms with Crippen LogP contribution >= 0.6 is 0 Å². The summed E-state index contributed by atoms with van der Waals surface area (Å²) in [6.07, 6.45) is 0.213. The second-order valence-corrected chi connectivity index (χ2v) is 6.87. The molecule has 0 aliphatic carbocycles. The van der Waals surface area contributed by atoms with Crippen LogP contribution in [0.1, 0.15) is 24.3 Å². The van der Waals surface area contributed by atoms with Crippen molar-refractivity contribution in [2.24, 2.45) is 5.10 Å². The highest BCUT2D eigenvalue weighted by molar-refractivity contribution is 5.96. The third-order valence-corrected chi connectivity index (χ3v) is 4.68. The van der Waals surface area contributed by atoms with Crippen molar-refractivity contribution in [2.45, 2.75) is 13.2 Å². The third-order valence-electron chi connectivity index (χ3n) is 4.68. The molecule has 168 valence electrons. The van der Waals surface area contributed by atoms with Crippen molar-refractivity contribution < 1.29 is 28.3 Å². The normalized spacial score (nSPS) is 14.9. The van der Waals surface area contributed by atoms with E-state index in [1.165, 1.54) is 55.4 Å². The predicted molar refractivity (Wildman–Crippen MR) is 113 cm³/mol. The molecule has 10 nitrogen and oxygen atoms in total. The number of methoxy groups -OCH3 is 1. The Labute approximate surface area is 187 Å². The van der Waals surface area contributed by atoms with E-state index in [1.807, 2.05) is 0 Å². The van der Waals surface area contributed by atoms with Gasteiger partial charge in [-0.2, -0.15) is 5.01 Å². The predicted octanol–water partition coefficient (Wildman–Crippen LogP) is 4.17. The number of rotatable bonds is 6. The smallest absolute Gasteiger partial charge is 0.287 e. The first-order valence-corrected chi connectivity index (χ1v) is 9.63. The van der Waals surface area contributed by atoms with Crippen LogP contribution in [0, 0.1) is 15.9 Å². The van der Waals surface area contributed by atoms with Crippen LogP contribution in [0.2, 0.25) is 0 Å². The average Bonchev–Trinajstić information content (AvgIpc) is 3.26. The number of nitro groups is 1. The van der Waals surface area contributed by atoms with Crippen LogP contribution in [0.15, 0.2) is 65.9 Å². The Kier molecular flexibility index (Phi) is 5.85. The van der Waals surface area contributed by atoms with Gasteiger partial charge in [-0.25, -0.2) is 9.37 Å². The van der Waals surface area contributed by atoms with Crippen LogP contribution in [-0.4, -0.2) is 33.8 Å². The van der Waals surface area contributed by atoms with Gasteiger partial charge in [0.15, 0.2) is 11.5 Å². The topological polar surface area (TPSA) is 116 Å². The molecule has 0 saturated carbocycles. The van der Waals surface area contributed by atoms with Crippen molar-refractivity contribution in [1.82, 2.24) is 9.99 Å². The number of amides is 1. The molecule has 0 radical (unpaired) electrons. The second kappa shape index (κ2) is 8.91. The first-order chi connectivity index (χ1) is 15.9. The van der Waals surface area contributed by atoms with E-state index in [0.29, 0.717) is 22.6 Å². The molecule has 33 heavy (non-hydrogen) atoms. The maximum atomic E-state index is 13.2. The Balaban J connectivity index is 1.59. The molecule has 1 aromatic heterocycles. The number of pyridine rings is 1. The fourth-order valence-corrected chi connectivity index (χ4v) is 3.07. The zero-order valence-corrected chi connectivity index (χ0v) is 17.5. The summed E-state index contributed by atoms with van der Waals surface area (Å²) in [5, 5.41) is 16.2. The lowest BCUT2D eigenvalue weighted by Gasteiger charge is -2.20. The fraction of sp³-hybridized carbons (Fsp3) is 0.136. The van der Waals surface area contributed by atoms with Gasteiger partial charge in [-0.3, -0.25) is 14.9 Å². The minimum Gasteiger partial charge on any atom is -0.493 e. The van der Waals surface area contributed by atoms with E-state index in [-0.39, 0.29) is 23.4 Å². The van der Waals surface area contributed by atoms with E-state index in [4.69, 9.17) is 14.2 Å². The van der Waals surface area contributed by atoms with Crippen molar-refractivity contribution in [1.29, 1.82) is 0 Å². The van der Waals surface area contributed by atoms with Gasteiger partial charge in [-0.05, 0) is 42.5 Å². The molecule has 0 bridgehead atoms. The number of aromatic nitrogens is 1. The molecule has 1 amide bonds. The van der Waals surface area contributed by atoms with Gasteiger partial charge in [0.05, 0.1) is 12.0 Å². The summed E-state index contributed by atoms with van der Waals surface area (Å²) in [6, 6.07) is 13.1. The first-order valence-electron chi connectivity index (χ1n) is 9.63. The van der Waals surface area contributed by atoms with Crippen LogP contribution < -0.4 is 9.47 Å². The van der Waals surface area contributed by atoms with Gasteiger partial charge >= 0.3 is 0 Å². The molecule has 1 aliphatic rings. The molecule has 1 aliphatic heterocycles. The van der Waals surface area contributed by atoms with Gasteiger partial charge in [0.1, 0.15) is 12.0 Å². The molecule has 3 aromatic rings. The van der Waals surface area contributed by atoms with Crippen LogP contribution in [0.5, 0.6) is 17.4 Å². The zero-order valence-electron chi connectivity index (χ0n) is 17.5. The minimum atomic E-state index is -0.872.